The number of nitrogens with one attached hydrogen (secondary N) is 1. The lowest BCUT2D eigenvalue weighted by atomic mass is 10.2. The number of hydrogen-bond acceptors (Lipinski definition) is 2. The van der Waals surface area contributed by atoms with Gasteiger partial charge >= 0.3 is 0 Å². The van der Waals surface area contributed by atoms with Crippen molar-refractivity contribution in [1.82, 2.24) is 15.1 Å². The topological polar surface area (TPSA) is 29.9 Å². The first-order chi connectivity index (χ1) is 8.27. The predicted octanol–water partition coefficient (Wildman–Crippen LogP) is 1.95. The highest BCUT2D eigenvalue weighted by molar-refractivity contribution is 5.18. The highest BCUT2D eigenvalue weighted by atomic mass is 19.2. The van der Waals surface area contributed by atoms with Gasteiger partial charge in [0.1, 0.15) is 0 Å². The Balaban J connectivity index is 1.80. The number of rotatable bonds is 5. The zero-order valence-electron chi connectivity index (χ0n) is 9.24. The Morgan fingerprint density at radius 1 is 1.24 bits per heavy atom. The van der Waals surface area contributed by atoms with Gasteiger partial charge in [-0.05, 0) is 12.1 Å². The van der Waals surface area contributed by atoms with Crippen LogP contribution >= 0.6 is 0 Å². The summed E-state index contributed by atoms with van der Waals surface area (Å²) in [6.45, 7) is 1.66. The van der Waals surface area contributed by atoms with Gasteiger partial charge < -0.3 is 5.32 Å². The molecule has 90 valence electrons. The average molecular weight is 237 g/mol. The van der Waals surface area contributed by atoms with Crippen LogP contribution in [0.4, 0.5) is 8.78 Å². The van der Waals surface area contributed by atoms with Gasteiger partial charge in [0.25, 0.3) is 0 Å². The van der Waals surface area contributed by atoms with Gasteiger partial charge in [0.05, 0.1) is 6.54 Å². The molecular formula is C12H13F2N3. The summed E-state index contributed by atoms with van der Waals surface area (Å²) in [4.78, 5) is 0. The maximum atomic E-state index is 13.3. The molecular weight excluding hydrogens is 224 g/mol. The molecule has 0 atom stereocenters. The van der Waals surface area contributed by atoms with E-state index in [1.54, 1.807) is 16.9 Å². The van der Waals surface area contributed by atoms with E-state index in [1.807, 2.05) is 12.3 Å². The van der Waals surface area contributed by atoms with Crippen molar-refractivity contribution in [3.05, 3.63) is 53.9 Å². The van der Waals surface area contributed by atoms with Crippen molar-refractivity contribution in [2.75, 3.05) is 6.54 Å². The quantitative estimate of drug-likeness (QED) is 0.805. The average Bonchev–Trinajstić information content (AvgIpc) is 2.83. The third kappa shape index (κ3) is 3.10. The molecule has 0 bridgehead atoms. The van der Waals surface area contributed by atoms with E-state index in [2.05, 4.69) is 10.4 Å². The summed E-state index contributed by atoms with van der Waals surface area (Å²) in [6.07, 6.45) is 3.55. The molecule has 0 aliphatic carbocycles. The van der Waals surface area contributed by atoms with E-state index < -0.39 is 11.6 Å². The Labute approximate surface area is 98.1 Å². The number of hydrogen-bond donors (Lipinski definition) is 1. The second kappa shape index (κ2) is 5.54. The Morgan fingerprint density at radius 2 is 2.12 bits per heavy atom. The van der Waals surface area contributed by atoms with E-state index in [0.717, 1.165) is 6.07 Å². The van der Waals surface area contributed by atoms with Crippen LogP contribution < -0.4 is 5.32 Å². The molecule has 0 amide bonds. The smallest absolute Gasteiger partial charge is 0.163 e. The molecule has 0 fully saturated rings. The van der Waals surface area contributed by atoms with Crippen LogP contribution in [0.15, 0.2) is 36.7 Å². The molecule has 1 heterocycles. The van der Waals surface area contributed by atoms with Crippen LogP contribution in [0.3, 0.4) is 0 Å². The fraction of sp³-hybridized carbons (Fsp3) is 0.250. The minimum absolute atomic E-state index is 0.310. The highest BCUT2D eigenvalue weighted by Crippen LogP contribution is 2.10. The molecule has 3 nitrogen and oxygen atoms in total. The van der Waals surface area contributed by atoms with Crippen LogP contribution in [0.5, 0.6) is 0 Å². The lowest BCUT2D eigenvalue weighted by Gasteiger charge is -2.06. The van der Waals surface area contributed by atoms with Crippen LogP contribution in [0, 0.1) is 11.6 Å². The zero-order chi connectivity index (χ0) is 12.1. The largest absolute Gasteiger partial charge is 0.311 e. The summed E-state index contributed by atoms with van der Waals surface area (Å²) >= 11 is 0. The van der Waals surface area contributed by atoms with E-state index in [1.165, 1.54) is 6.07 Å². The van der Waals surface area contributed by atoms with E-state index in [-0.39, 0.29) is 0 Å². The van der Waals surface area contributed by atoms with Crippen LogP contribution in [-0.4, -0.2) is 16.3 Å². The van der Waals surface area contributed by atoms with Crippen LogP contribution in [0.25, 0.3) is 0 Å². The van der Waals surface area contributed by atoms with E-state index in [0.29, 0.717) is 25.2 Å². The van der Waals surface area contributed by atoms with Crippen molar-refractivity contribution >= 4 is 0 Å². The Morgan fingerprint density at radius 3 is 2.88 bits per heavy atom. The number of aromatic nitrogens is 2. The van der Waals surface area contributed by atoms with Crippen molar-refractivity contribution in [2.45, 2.75) is 13.1 Å². The summed E-state index contributed by atoms with van der Waals surface area (Å²) in [7, 11) is 0. The first kappa shape index (κ1) is 11.7. The molecule has 0 radical (unpaired) electrons. The summed E-state index contributed by atoms with van der Waals surface area (Å²) in [5.74, 6) is -1.59. The maximum absolute atomic E-state index is 13.3. The van der Waals surface area contributed by atoms with Crippen LogP contribution in [0.1, 0.15) is 5.56 Å². The Bertz CT molecular complexity index is 469. The van der Waals surface area contributed by atoms with E-state index in [4.69, 9.17) is 0 Å². The van der Waals surface area contributed by atoms with Crippen molar-refractivity contribution in [3.63, 3.8) is 0 Å². The summed E-state index contributed by atoms with van der Waals surface area (Å²) in [6, 6.07) is 6.02. The standard InChI is InChI=1S/C12H13F2N3/c13-11-4-1-3-10(12(11)14)9-15-6-8-17-7-2-5-16-17/h1-5,7,15H,6,8-9H2. The maximum Gasteiger partial charge on any atom is 0.163 e. The molecule has 0 spiro atoms. The van der Waals surface area contributed by atoms with Gasteiger partial charge in [0.15, 0.2) is 11.6 Å². The molecule has 2 aromatic rings. The van der Waals surface area contributed by atoms with Gasteiger partial charge in [-0.15, -0.1) is 0 Å². The molecule has 1 aromatic heterocycles. The second-order valence-electron chi connectivity index (χ2n) is 3.66. The van der Waals surface area contributed by atoms with Crippen molar-refractivity contribution < 1.29 is 8.78 Å². The van der Waals surface area contributed by atoms with Crippen molar-refractivity contribution in [3.8, 4) is 0 Å². The van der Waals surface area contributed by atoms with Gasteiger partial charge in [-0.2, -0.15) is 5.10 Å². The summed E-state index contributed by atoms with van der Waals surface area (Å²) in [5.41, 5.74) is 0.338. The fourth-order valence-corrected chi connectivity index (χ4v) is 1.53. The van der Waals surface area contributed by atoms with Crippen LogP contribution in [-0.2, 0) is 13.1 Å². The number of nitrogens with zero attached hydrogens (tertiary/aromatic N) is 2. The van der Waals surface area contributed by atoms with Crippen molar-refractivity contribution in [2.24, 2.45) is 0 Å². The summed E-state index contributed by atoms with van der Waals surface area (Å²) in [5, 5.41) is 7.08. The Hall–Kier alpha value is -1.75. The molecule has 2 rings (SSSR count). The highest BCUT2D eigenvalue weighted by Gasteiger charge is 2.06. The molecule has 5 heteroatoms. The first-order valence-corrected chi connectivity index (χ1v) is 5.38. The first-order valence-electron chi connectivity index (χ1n) is 5.38. The normalized spacial score (nSPS) is 10.7. The van der Waals surface area contributed by atoms with Crippen LogP contribution in [0.2, 0.25) is 0 Å². The lowest BCUT2D eigenvalue weighted by Crippen LogP contribution is -2.20. The minimum Gasteiger partial charge on any atom is -0.311 e. The molecule has 0 aliphatic rings. The minimum atomic E-state index is -0.809. The summed E-state index contributed by atoms with van der Waals surface area (Å²) < 4.78 is 27.9. The third-order valence-corrected chi connectivity index (χ3v) is 2.42. The monoisotopic (exact) mass is 237 g/mol. The predicted molar refractivity (Wildman–Crippen MR) is 60.3 cm³/mol. The molecule has 0 saturated heterocycles. The number of benzene rings is 1. The molecule has 17 heavy (non-hydrogen) atoms. The molecule has 0 unspecified atom stereocenters. The van der Waals surface area contributed by atoms with Crippen molar-refractivity contribution in [1.29, 1.82) is 0 Å². The second-order valence-corrected chi connectivity index (χ2v) is 3.66. The van der Waals surface area contributed by atoms with Gasteiger partial charge in [0.2, 0.25) is 0 Å². The molecule has 0 saturated carbocycles. The molecule has 1 N–H and O–H groups in total. The SMILES string of the molecule is Fc1cccc(CNCCn2cccn2)c1F. The molecule has 1 aromatic carbocycles. The van der Waals surface area contributed by atoms with E-state index >= 15 is 0 Å². The fourth-order valence-electron chi connectivity index (χ4n) is 1.53. The van der Waals surface area contributed by atoms with Gasteiger partial charge in [-0.3, -0.25) is 4.68 Å². The van der Waals surface area contributed by atoms with Gasteiger partial charge in [0, 0.05) is 31.0 Å². The Kier molecular flexibility index (Phi) is 3.82. The van der Waals surface area contributed by atoms with Gasteiger partial charge in [-0.25, -0.2) is 8.78 Å². The van der Waals surface area contributed by atoms with Gasteiger partial charge in [-0.1, -0.05) is 12.1 Å². The van der Waals surface area contributed by atoms with E-state index in [9.17, 15) is 8.78 Å². The lowest BCUT2D eigenvalue weighted by molar-refractivity contribution is 0.488. The molecule has 0 aliphatic heterocycles. The number of halogens is 2. The third-order valence-electron chi connectivity index (χ3n) is 2.42. The zero-order valence-corrected chi connectivity index (χ0v) is 9.24.